The standard InChI is InChI=1S/C13H26N2/c1-3-5-6-7-13-8-11-15(12-9-13)14-10-4-2/h4,13-14H,2-3,5-12H2,1H3. The fourth-order valence-electron chi connectivity index (χ4n) is 2.26. The van der Waals surface area contributed by atoms with Gasteiger partial charge in [0.1, 0.15) is 0 Å². The minimum atomic E-state index is 0.903. The quantitative estimate of drug-likeness (QED) is 0.513. The Balaban J connectivity index is 2.04. The van der Waals surface area contributed by atoms with Gasteiger partial charge in [0, 0.05) is 19.6 Å². The number of nitrogens with zero attached hydrogens (tertiary/aromatic N) is 1. The van der Waals surface area contributed by atoms with Crippen LogP contribution in [0.5, 0.6) is 0 Å². The Kier molecular flexibility index (Phi) is 6.69. The molecule has 0 saturated carbocycles. The summed E-state index contributed by atoms with van der Waals surface area (Å²) in [6.45, 7) is 9.33. The van der Waals surface area contributed by atoms with Crippen molar-refractivity contribution in [1.29, 1.82) is 0 Å². The van der Waals surface area contributed by atoms with Gasteiger partial charge in [0.2, 0.25) is 0 Å². The van der Waals surface area contributed by atoms with Crippen LogP contribution in [0, 0.1) is 5.92 Å². The average Bonchev–Trinajstić information content (AvgIpc) is 2.28. The van der Waals surface area contributed by atoms with Gasteiger partial charge in [0.05, 0.1) is 0 Å². The summed E-state index contributed by atoms with van der Waals surface area (Å²) in [5.41, 5.74) is 3.37. The van der Waals surface area contributed by atoms with E-state index in [0.717, 1.165) is 12.5 Å². The lowest BCUT2D eigenvalue weighted by atomic mass is 9.92. The highest BCUT2D eigenvalue weighted by molar-refractivity contribution is 4.73. The molecule has 1 fully saturated rings. The largest absolute Gasteiger partial charge is 0.251 e. The molecule has 88 valence electrons. The van der Waals surface area contributed by atoms with E-state index in [4.69, 9.17) is 0 Å². The number of rotatable bonds is 7. The maximum atomic E-state index is 3.72. The lowest BCUT2D eigenvalue weighted by molar-refractivity contribution is 0.126. The van der Waals surface area contributed by atoms with Gasteiger partial charge in [-0.1, -0.05) is 38.7 Å². The topological polar surface area (TPSA) is 15.3 Å². The van der Waals surface area contributed by atoms with Crippen molar-refractivity contribution in [2.45, 2.75) is 45.4 Å². The SMILES string of the molecule is C=CCNN1CCC(CCCCC)CC1. The van der Waals surface area contributed by atoms with Gasteiger partial charge in [0.15, 0.2) is 0 Å². The zero-order valence-electron chi connectivity index (χ0n) is 10.2. The summed E-state index contributed by atoms with van der Waals surface area (Å²) in [6.07, 6.45) is 10.3. The van der Waals surface area contributed by atoms with Gasteiger partial charge in [-0.2, -0.15) is 0 Å². The van der Waals surface area contributed by atoms with E-state index >= 15 is 0 Å². The van der Waals surface area contributed by atoms with E-state index < -0.39 is 0 Å². The van der Waals surface area contributed by atoms with Crippen LogP contribution in [0.2, 0.25) is 0 Å². The summed E-state index contributed by atoms with van der Waals surface area (Å²) < 4.78 is 0. The third kappa shape index (κ3) is 5.33. The summed E-state index contributed by atoms with van der Waals surface area (Å²) >= 11 is 0. The Bertz CT molecular complexity index is 160. The first kappa shape index (κ1) is 12.7. The molecule has 0 aromatic rings. The normalized spacial score (nSPS) is 19.3. The summed E-state index contributed by atoms with van der Waals surface area (Å²) in [5, 5.41) is 2.35. The van der Waals surface area contributed by atoms with Crippen molar-refractivity contribution < 1.29 is 0 Å². The van der Waals surface area contributed by atoms with E-state index in [1.807, 2.05) is 6.08 Å². The van der Waals surface area contributed by atoms with Gasteiger partial charge in [-0.25, -0.2) is 5.01 Å². The first-order valence-corrected chi connectivity index (χ1v) is 6.46. The van der Waals surface area contributed by atoms with Gasteiger partial charge < -0.3 is 0 Å². The maximum Gasteiger partial charge on any atom is 0.0280 e. The molecule has 1 saturated heterocycles. The smallest absolute Gasteiger partial charge is 0.0280 e. The molecular formula is C13H26N2. The fourth-order valence-corrected chi connectivity index (χ4v) is 2.26. The Morgan fingerprint density at radius 2 is 2.07 bits per heavy atom. The third-order valence-electron chi connectivity index (χ3n) is 3.29. The van der Waals surface area contributed by atoms with Gasteiger partial charge in [-0.15, -0.1) is 6.58 Å². The molecule has 0 amide bonds. The average molecular weight is 210 g/mol. The zero-order valence-corrected chi connectivity index (χ0v) is 10.2. The lowest BCUT2D eigenvalue weighted by Gasteiger charge is -2.32. The molecule has 0 unspecified atom stereocenters. The minimum absolute atomic E-state index is 0.903. The molecule has 1 N–H and O–H groups in total. The Hall–Kier alpha value is -0.340. The van der Waals surface area contributed by atoms with Crippen LogP contribution in [0.3, 0.4) is 0 Å². The van der Waals surface area contributed by atoms with E-state index in [9.17, 15) is 0 Å². The van der Waals surface area contributed by atoms with Crippen molar-refractivity contribution in [3.05, 3.63) is 12.7 Å². The van der Waals surface area contributed by atoms with E-state index in [1.54, 1.807) is 0 Å². The first-order valence-electron chi connectivity index (χ1n) is 6.46. The van der Waals surface area contributed by atoms with Crippen LogP contribution in [0.25, 0.3) is 0 Å². The summed E-state index contributed by atoms with van der Waals surface area (Å²) in [4.78, 5) is 0. The Morgan fingerprint density at radius 1 is 1.33 bits per heavy atom. The van der Waals surface area contributed by atoms with Gasteiger partial charge in [-0.3, -0.25) is 5.43 Å². The van der Waals surface area contributed by atoms with E-state index in [1.165, 1.54) is 51.6 Å². The van der Waals surface area contributed by atoms with Crippen LogP contribution in [0.15, 0.2) is 12.7 Å². The predicted octanol–water partition coefficient (Wildman–Crippen LogP) is 2.97. The van der Waals surface area contributed by atoms with Crippen molar-refractivity contribution in [1.82, 2.24) is 10.4 Å². The third-order valence-corrected chi connectivity index (χ3v) is 3.29. The minimum Gasteiger partial charge on any atom is -0.251 e. The predicted molar refractivity (Wildman–Crippen MR) is 66.6 cm³/mol. The van der Waals surface area contributed by atoms with Crippen molar-refractivity contribution >= 4 is 0 Å². The molecule has 15 heavy (non-hydrogen) atoms. The molecule has 1 aliphatic rings. The number of hydrogen-bond acceptors (Lipinski definition) is 2. The molecule has 1 heterocycles. The first-order chi connectivity index (χ1) is 7.36. The summed E-state index contributed by atoms with van der Waals surface area (Å²) in [5.74, 6) is 0.985. The summed E-state index contributed by atoms with van der Waals surface area (Å²) in [6, 6.07) is 0. The zero-order chi connectivity index (χ0) is 10.9. The monoisotopic (exact) mass is 210 g/mol. The van der Waals surface area contributed by atoms with Crippen LogP contribution in [0.4, 0.5) is 0 Å². The Morgan fingerprint density at radius 3 is 2.67 bits per heavy atom. The molecule has 2 heteroatoms. The van der Waals surface area contributed by atoms with Crippen molar-refractivity contribution in [2.75, 3.05) is 19.6 Å². The van der Waals surface area contributed by atoms with Crippen molar-refractivity contribution in [3.8, 4) is 0 Å². The van der Waals surface area contributed by atoms with E-state index in [-0.39, 0.29) is 0 Å². The van der Waals surface area contributed by atoms with Crippen molar-refractivity contribution in [2.24, 2.45) is 5.92 Å². The molecule has 1 aliphatic heterocycles. The summed E-state index contributed by atoms with van der Waals surface area (Å²) in [7, 11) is 0. The number of piperidine rings is 1. The molecule has 0 aromatic heterocycles. The molecule has 0 aromatic carbocycles. The fraction of sp³-hybridized carbons (Fsp3) is 0.846. The second kappa shape index (κ2) is 7.89. The van der Waals surface area contributed by atoms with Gasteiger partial charge in [-0.05, 0) is 18.8 Å². The molecule has 0 aliphatic carbocycles. The highest BCUT2D eigenvalue weighted by Crippen LogP contribution is 2.21. The van der Waals surface area contributed by atoms with Gasteiger partial charge in [0.25, 0.3) is 0 Å². The van der Waals surface area contributed by atoms with E-state index in [2.05, 4.69) is 23.9 Å². The molecular weight excluding hydrogens is 184 g/mol. The Labute approximate surface area is 94.7 Å². The highest BCUT2D eigenvalue weighted by Gasteiger charge is 2.17. The van der Waals surface area contributed by atoms with Crippen LogP contribution in [0.1, 0.15) is 45.4 Å². The number of hydrazine groups is 1. The van der Waals surface area contributed by atoms with Crippen LogP contribution in [-0.2, 0) is 0 Å². The molecule has 0 bridgehead atoms. The molecule has 2 nitrogen and oxygen atoms in total. The van der Waals surface area contributed by atoms with Crippen LogP contribution >= 0.6 is 0 Å². The number of hydrogen-bond donors (Lipinski definition) is 1. The number of nitrogens with one attached hydrogen (secondary N) is 1. The molecule has 0 atom stereocenters. The number of unbranched alkanes of at least 4 members (excludes halogenated alkanes) is 2. The van der Waals surface area contributed by atoms with Crippen LogP contribution in [-0.4, -0.2) is 24.6 Å². The van der Waals surface area contributed by atoms with Crippen LogP contribution < -0.4 is 5.43 Å². The second-order valence-electron chi connectivity index (χ2n) is 4.58. The maximum absolute atomic E-state index is 3.72. The molecule has 0 spiro atoms. The van der Waals surface area contributed by atoms with Crippen molar-refractivity contribution in [3.63, 3.8) is 0 Å². The highest BCUT2D eigenvalue weighted by atomic mass is 15.5. The van der Waals surface area contributed by atoms with Gasteiger partial charge >= 0.3 is 0 Å². The molecule has 0 radical (unpaired) electrons. The lowest BCUT2D eigenvalue weighted by Crippen LogP contribution is -2.43. The van der Waals surface area contributed by atoms with E-state index in [0.29, 0.717) is 0 Å². The second-order valence-corrected chi connectivity index (χ2v) is 4.58. The molecule has 1 rings (SSSR count).